The van der Waals surface area contributed by atoms with Gasteiger partial charge in [0, 0.05) is 44.7 Å². The van der Waals surface area contributed by atoms with Gasteiger partial charge in [0.15, 0.2) is 0 Å². The minimum absolute atomic E-state index is 0. The third-order valence-corrected chi connectivity index (χ3v) is 11.4. The van der Waals surface area contributed by atoms with Crippen molar-refractivity contribution in [3.63, 3.8) is 0 Å². The van der Waals surface area contributed by atoms with Crippen LogP contribution in [0.3, 0.4) is 0 Å². The van der Waals surface area contributed by atoms with Gasteiger partial charge in [-0.3, -0.25) is 9.55 Å². The quantitative estimate of drug-likeness (QED) is 0.169. The number of pyridine rings is 1. The summed E-state index contributed by atoms with van der Waals surface area (Å²) in [7, 11) is 0. The molecule has 8 rings (SSSR count). The van der Waals surface area contributed by atoms with Crippen LogP contribution in [-0.2, 0) is 37.3 Å². The summed E-state index contributed by atoms with van der Waals surface area (Å²) in [5.74, 6) is -0.176. The van der Waals surface area contributed by atoms with Gasteiger partial charge >= 0.3 is 0 Å². The molecule has 4 nitrogen and oxygen atoms in total. The Balaban J connectivity index is 0.00000561. The molecule has 0 fully saturated rings. The van der Waals surface area contributed by atoms with Gasteiger partial charge in [-0.1, -0.05) is 157 Å². The predicted molar refractivity (Wildman–Crippen MR) is 247 cm³/mol. The Labute approximate surface area is 374 Å². The first-order valence-corrected chi connectivity index (χ1v) is 20.7. The van der Waals surface area contributed by atoms with E-state index < -0.39 is 5.82 Å². The summed E-state index contributed by atoms with van der Waals surface area (Å²) >= 11 is 0. The fraction of sp³-hybridized carbons (Fsp3) is 0.236. The second kappa shape index (κ2) is 16.3. The van der Waals surface area contributed by atoms with E-state index in [0.29, 0.717) is 11.4 Å². The molecule has 0 spiro atoms. The largest absolute Gasteiger partial charge is 0.507 e. The molecule has 0 bridgehead atoms. The van der Waals surface area contributed by atoms with Crippen LogP contribution in [-0.4, -0.2) is 19.6 Å². The van der Waals surface area contributed by atoms with Crippen molar-refractivity contribution in [1.82, 2.24) is 14.5 Å². The maximum absolute atomic E-state index is 14.6. The molecule has 0 aliphatic heterocycles. The molecule has 2 aromatic heterocycles. The summed E-state index contributed by atoms with van der Waals surface area (Å²) in [6.07, 6.45) is 1.85. The molecule has 6 heteroatoms. The molecule has 0 aliphatic rings. The van der Waals surface area contributed by atoms with Crippen LogP contribution >= 0.6 is 0 Å². The third-order valence-electron chi connectivity index (χ3n) is 11.4. The van der Waals surface area contributed by atoms with Gasteiger partial charge in [-0.25, -0.2) is 9.37 Å². The zero-order valence-corrected chi connectivity index (χ0v) is 39.0. The molecule has 6 aromatic carbocycles. The molecule has 0 aliphatic carbocycles. The van der Waals surface area contributed by atoms with E-state index in [9.17, 15) is 9.50 Å². The Bertz CT molecular complexity index is 2880. The van der Waals surface area contributed by atoms with Crippen molar-refractivity contribution in [2.24, 2.45) is 0 Å². The number of fused-ring (bicyclic) bond motifs is 1. The van der Waals surface area contributed by atoms with Crippen LogP contribution in [0.5, 0.6) is 5.75 Å². The van der Waals surface area contributed by atoms with Crippen molar-refractivity contribution in [3.05, 3.63) is 168 Å². The van der Waals surface area contributed by atoms with Gasteiger partial charge in [0.05, 0.1) is 16.6 Å². The van der Waals surface area contributed by atoms with E-state index in [1.165, 1.54) is 22.8 Å². The Hall–Kier alpha value is -5.64. The summed E-state index contributed by atoms with van der Waals surface area (Å²) in [4.78, 5) is 10.2. The van der Waals surface area contributed by atoms with Gasteiger partial charge in [-0.15, -0.1) is 23.8 Å². The normalized spacial score (nSPS) is 12.1. The van der Waals surface area contributed by atoms with Crippen LogP contribution in [0.4, 0.5) is 4.39 Å². The van der Waals surface area contributed by atoms with Crippen molar-refractivity contribution in [1.29, 1.82) is 0 Å². The molecular weight excluding hydrogens is 933 g/mol. The predicted octanol–water partition coefficient (Wildman–Crippen LogP) is 14.6. The molecule has 0 amide bonds. The number of rotatable bonds is 6. The van der Waals surface area contributed by atoms with Gasteiger partial charge in [0.25, 0.3) is 0 Å². The number of phenolic OH excluding ortho intramolecular Hbond substituents is 1. The van der Waals surface area contributed by atoms with E-state index in [-0.39, 0.29) is 43.1 Å². The smallest absolute Gasteiger partial charge is 0.148 e. The van der Waals surface area contributed by atoms with Gasteiger partial charge in [0.2, 0.25) is 0 Å². The second-order valence-corrected chi connectivity index (χ2v) is 19.2. The van der Waals surface area contributed by atoms with E-state index in [1.54, 1.807) is 6.07 Å². The maximum Gasteiger partial charge on any atom is 0.148 e. The number of para-hydroxylation sites is 1. The Kier molecular flexibility index (Phi) is 11.6. The van der Waals surface area contributed by atoms with Gasteiger partial charge in [-0.2, -0.15) is 0 Å². The van der Waals surface area contributed by atoms with Crippen molar-refractivity contribution >= 4 is 11.0 Å². The molecule has 1 N–H and O–H groups in total. The first kappa shape index (κ1) is 43.4. The van der Waals surface area contributed by atoms with Gasteiger partial charge < -0.3 is 5.11 Å². The zero-order valence-electron chi connectivity index (χ0n) is 36.7. The van der Waals surface area contributed by atoms with E-state index in [4.69, 9.17) is 9.97 Å². The SMILES string of the molecule is Cc1ccnc(-c2[c-]c(-c3cccc4c3nc(-c3ccc(F)cc3O)n4-c3cc(C(C)(C)C)cc(C(C)(C)C)c3)cc(-c3cc(C(C)(C)C)ccc3-c3ccccc3)c2)c1.[Pt]. The van der Waals surface area contributed by atoms with Crippen LogP contribution < -0.4 is 0 Å². The summed E-state index contributed by atoms with van der Waals surface area (Å²) in [6.45, 7) is 22.1. The molecule has 0 saturated carbocycles. The number of benzene rings is 6. The van der Waals surface area contributed by atoms with Crippen molar-refractivity contribution in [2.45, 2.75) is 85.5 Å². The molecular formula is C55H53FN3OPt-. The number of nitrogens with zero attached hydrogens (tertiary/aromatic N) is 3. The maximum atomic E-state index is 14.6. The summed E-state index contributed by atoms with van der Waals surface area (Å²) in [5.41, 5.74) is 15.1. The second-order valence-electron chi connectivity index (χ2n) is 19.2. The van der Waals surface area contributed by atoms with Crippen molar-refractivity contribution in [3.8, 4) is 67.5 Å². The molecule has 8 aromatic rings. The number of imidazole rings is 1. The molecule has 312 valence electrons. The average molecular weight is 986 g/mol. The van der Waals surface area contributed by atoms with Crippen LogP contribution in [0.15, 0.2) is 134 Å². The Morgan fingerprint density at radius 2 is 1.23 bits per heavy atom. The minimum atomic E-state index is -0.515. The number of aromatic nitrogens is 3. The van der Waals surface area contributed by atoms with E-state index in [1.807, 2.05) is 18.3 Å². The van der Waals surface area contributed by atoms with Gasteiger partial charge in [0.1, 0.15) is 17.4 Å². The van der Waals surface area contributed by atoms with E-state index in [0.717, 1.165) is 73.0 Å². The third kappa shape index (κ3) is 8.77. The molecule has 2 heterocycles. The topological polar surface area (TPSA) is 50.9 Å². The Morgan fingerprint density at radius 1 is 0.574 bits per heavy atom. The van der Waals surface area contributed by atoms with Crippen molar-refractivity contribution < 1.29 is 30.6 Å². The van der Waals surface area contributed by atoms with E-state index >= 15 is 0 Å². The number of hydrogen-bond acceptors (Lipinski definition) is 3. The average Bonchev–Trinajstić information content (AvgIpc) is 3.59. The summed E-state index contributed by atoms with van der Waals surface area (Å²) in [5, 5.41) is 11.3. The number of hydrogen-bond donors (Lipinski definition) is 1. The van der Waals surface area contributed by atoms with Crippen molar-refractivity contribution in [2.75, 3.05) is 0 Å². The van der Waals surface area contributed by atoms with Gasteiger partial charge in [-0.05, 0) is 92.9 Å². The fourth-order valence-corrected chi connectivity index (χ4v) is 7.87. The van der Waals surface area contributed by atoms with E-state index in [2.05, 4.69) is 177 Å². The molecule has 0 atom stereocenters. The van der Waals surface area contributed by atoms with Crippen LogP contribution in [0.25, 0.3) is 72.7 Å². The summed E-state index contributed by atoms with van der Waals surface area (Å²) in [6, 6.07) is 46.7. The monoisotopic (exact) mass is 985 g/mol. The Morgan fingerprint density at radius 3 is 1.87 bits per heavy atom. The number of aromatic hydroxyl groups is 1. The number of aryl methyl sites for hydroxylation is 1. The molecule has 0 unspecified atom stereocenters. The van der Waals surface area contributed by atoms with Crippen LogP contribution in [0.2, 0.25) is 0 Å². The number of halogens is 1. The molecule has 0 saturated heterocycles. The number of phenols is 1. The standard InChI is InChI=1S/C55H53FN3O.Pt/c1-34-23-24-57-48(25-34)38-27-36(26-37(28-38)47-32-39(53(2,3)4)19-21-44(47)35-15-12-11-13-16-35)45-17-14-18-49-51(45)58-52(46-22-20-42(56)33-50(46)60)59(49)43-30-40(54(5,6)7)29-41(31-43)55(8,9)10;/h11-26,28-33,60H,1-10H3;/q-1;. The minimum Gasteiger partial charge on any atom is -0.507 e. The zero-order chi connectivity index (χ0) is 42.7. The molecule has 0 radical (unpaired) electrons. The fourth-order valence-electron chi connectivity index (χ4n) is 7.87. The summed E-state index contributed by atoms with van der Waals surface area (Å²) < 4.78 is 16.7. The molecule has 61 heavy (non-hydrogen) atoms. The first-order chi connectivity index (χ1) is 28.3. The first-order valence-electron chi connectivity index (χ1n) is 20.7. The van der Waals surface area contributed by atoms with Crippen LogP contribution in [0.1, 0.15) is 84.6 Å². The van der Waals surface area contributed by atoms with Crippen LogP contribution in [0, 0.1) is 18.8 Å².